The number of anilines is 3. The molecule has 2 nitrogen and oxygen atoms in total. The molecule has 2 heterocycles. The Morgan fingerprint density at radius 2 is 0.797 bits per heavy atom. The van der Waals surface area contributed by atoms with Gasteiger partial charge in [-0.2, -0.15) is 0 Å². The van der Waals surface area contributed by atoms with E-state index in [0.29, 0.717) is 0 Å². The van der Waals surface area contributed by atoms with Crippen LogP contribution in [0.5, 0.6) is 0 Å². The minimum Gasteiger partial charge on any atom is -0.455 e. The van der Waals surface area contributed by atoms with Gasteiger partial charge in [0, 0.05) is 53.4 Å². The molecule has 2 aromatic heterocycles. The molecule has 322 valence electrons. The number of hydrogen-bond acceptors (Lipinski definition) is 3. The molecule has 0 aliphatic rings. The molecule has 0 N–H and O–H groups in total. The van der Waals surface area contributed by atoms with Gasteiger partial charge in [0.1, 0.15) is 11.2 Å². The fourth-order valence-electron chi connectivity index (χ4n) is 11.0. The van der Waals surface area contributed by atoms with E-state index < -0.39 is 0 Å². The largest absolute Gasteiger partial charge is 0.455 e. The number of fused-ring (bicyclic) bond motifs is 17. The molecule has 14 rings (SSSR count). The van der Waals surface area contributed by atoms with E-state index in [4.69, 9.17) is 4.42 Å². The van der Waals surface area contributed by atoms with Crippen LogP contribution in [0.15, 0.2) is 253 Å². The van der Waals surface area contributed by atoms with Gasteiger partial charge in [-0.3, -0.25) is 0 Å². The molecular formula is C66H41NOS. The Hall–Kier alpha value is -8.76. The number of rotatable bonds is 5. The highest BCUT2D eigenvalue weighted by molar-refractivity contribution is 7.26. The van der Waals surface area contributed by atoms with Gasteiger partial charge < -0.3 is 9.32 Å². The van der Waals surface area contributed by atoms with Gasteiger partial charge in [-0.15, -0.1) is 11.3 Å². The molecule has 0 aliphatic carbocycles. The van der Waals surface area contributed by atoms with E-state index >= 15 is 0 Å². The molecule has 0 amide bonds. The Bertz CT molecular complexity index is 4430. The van der Waals surface area contributed by atoms with Gasteiger partial charge in [0.25, 0.3) is 0 Å². The lowest BCUT2D eigenvalue weighted by atomic mass is 9.92. The lowest BCUT2D eigenvalue weighted by Gasteiger charge is -2.28. The minimum atomic E-state index is 0.899. The molecular weight excluding hydrogens is 855 g/mol. The molecule has 0 atom stereocenters. The zero-order valence-corrected chi connectivity index (χ0v) is 38.3. The molecule has 12 aromatic carbocycles. The van der Waals surface area contributed by atoms with E-state index in [2.05, 4.69) is 248 Å². The molecule has 0 saturated carbocycles. The van der Waals surface area contributed by atoms with E-state index in [9.17, 15) is 0 Å². The molecule has 0 aliphatic heterocycles. The summed E-state index contributed by atoms with van der Waals surface area (Å²) in [6, 6.07) is 91.1. The highest BCUT2D eigenvalue weighted by atomic mass is 32.1. The number of furan rings is 1. The van der Waals surface area contributed by atoms with Crippen molar-refractivity contribution in [1.82, 2.24) is 0 Å². The van der Waals surface area contributed by atoms with Crippen LogP contribution in [-0.2, 0) is 0 Å². The maximum absolute atomic E-state index is 6.53. The number of hydrogen-bond donors (Lipinski definition) is 0. The highest BCUT2D eigenvalue weighted by Gasteiger charge is 2.21. The lowest BCUT2D eigenvalue weighted by molar-refractivity contribution is 0.670. The molecule has 14 aromatic rings. The molecule has 0 bridgehead atoms. The second kappa shape index (κ2) is 16.0. The molecule has 0 fully saturated rings. The summed E-state index contributed by atoms with van der Waals surface area (Å²) in [6.45, 7) is 0. The third kappa shape index (κ3) is 6.32. The maximum Gasteiger partial charge on any atom is 0.143 e. The predicted octanol–water partition coefficient (Wildman–Crippen LogP) is 19.6. The van der Waals surface area contributed by atoms with E-state index in [-0.39, 0.29) is 0 Å². The van der Waals surface area contributed by atoms with E-state index in [1.54, 1.807) is 0 Å². The summed E-state index contributed by atoms with van der Waals surface area (Å²) in [5, 5.41) is 17.0. The molecule has 0 saturated heterocycles. The zero-order valence-electron chi connectivity index (χ0n) is 37.4. The standard InChI is InChI=1S/C66H41NOS/c1-2-17-42(18-3-1)46-19-10-13-30-60(46)67(44-35-33-43(34-36-44)47-28-16-29-57-54-25-11-14-31-61(54)68-66(47)57)45-37-38-53-56-39-40-63-65(58-27-12-15-32-62(58)69-63)64(56)55-26-9-8-23-51(55)49-21-5-4-20-48(49)50-22-6-7-24-52(50)59(53)41-45/h1-41H. The van der Waals surface area contributed by atoms with Crippen molar-refractivity contribution in [3.05, 3.63) is 249 Å². The van der Waals surface area contributed by atoms with Crippen LogP contribution in [0, 0.1) is 0 Å². The van der Waals surface area contributed by atoms with Gasteiger partial charge in [-0.1, -0.05) is 200 Å². The zero-order chi connectivity index (χ0) is 45.4. The quantitative estimate of drug-likeness (QED) is 0.171. The van der Waals surface area contributed by atoms with Gasteiger partial charge in [0.05, 0.1) is 5.69 Å². The summed E-state index contributed by atoms with van der Waals surface area (Å²) < 4.78 is 9.12. The minimum absolute atomic E-state index is 0.899. The average Bonchev–Trinajstić information content (AvgIpc) is 4.00. The number of para-hydroxylation sites is 3. The van der Waals surface area contributed by atoms with Gasteiger partial charge in [0.2, 0.25) is 0 Å². The topological polar surface area (TPSA) is 16.4 Å². The van der Waals surface area contributed by atoms with Crippen LogP contribution in [-0.4, -0.2) is 0 Å². The van der Waals surface area contributed by atoms with Crippen LogP contribution < -0.4 is 4.90 Å². The third-order valence-corrected chi connectivity index (χ3v) is 15.2. The van der Waals surface area contributed by atoms with Crippen molar-refractivity contribution in [1.29, 1.82) is 0 Å². The molecule has 0 spiro atoms. The lowest BCUT2D eigenvalue weighted by Crippen LogP contribution is -2.11. The van der Waals surface area contributed by atoms with Crippen LogP contribution in [0.2, 0.25) is 0 Å². The van der Waals surface area contributed by atoms with Gasteiger partial charge >= 0.3 is 0 Å². The fourth-order valence-corrected chi connectivity index (χ4v) is 12.1. The van der Waals surface area contributed by atoms with Gasteiger partial charge in [-0.25, -0.2) is 0 Å². The summed E-state index contributed by atoms with van der Waals surface area (Å²) >= 11 is 1.88. The summed E-state index contributed by atoms with van der Waals surface area (Å²) in [5.74, 6) is 0. The molecule has 0 radical (unpaired) electrons. The third-order valence-electron chi connectivity index (χ3n) is 14.1. The van der Waals surface area contributed by atoms with Crippen molar-refractivity contribution in [2.75, 3.05) is 4.90 Å². The summed E-state index contributed by atoms with van der Waals surface area (Å²) in [5.41, 5.74) is 9.49. The fraction of sp³-hybridized carbons (Fsp3) is 0. The highest BCUT2D eigenvalue weighted by Crippen LogP contribution is 2.47. The maximum atomic E-state index is 6.53. The smallest absolute Gasteiger partial charge is 0.143 e. The second-order valence-corrected chi connectivity index (χ2v) is 19.0. The molecule has 69 heavy (non-hydrogen) atoms. The Labute approximate surface area is 402 Å². The van der Waals surface area contributed by atoms with Crippen LogP contribution in [0.1, 0.15) is 0 Å². The number of thiophene rings is 1. The van der Waals surface area contributed by atoms with E-state index in [0.717, 1.165) is 61.3 Å². The van der Waals surface area contributed by atoms with Gasteiger partial charge in [0.15, 0.2) is 0 Å². The predicted molar refractivity (Wildman–Crippen MR) is 297 cm³/mol. The first kappa shape index (κ1) is 39.4. The normalized spacial score (nSPS) is 11.8. The number of nitrogens with zero attached hydrogens (tertiary/aromatic N) is 1. The Morgan fingerprint density at radius 1 is 0.290 bits per heavy atom. The van der Waals surface area contributed by atoms with E-state index in [1.807, 2.05) is 17.4 Å². The number of benzene rings is 11. The first-order valence-electron chi connectivity index (χ1n) is 23.6. The van der Waals surface area contributed by atoms with Crippen LogP contribution >= 0.6 is 11.3 Å². The monoisotopic (exact) mass is 895 g/mol. The second-order valence-electron chi connectivity index (χ2n) is 17.9. The summed E-state index contributed by atoms with van der Waals surface area (Å²) in [7, 11) is 0. The Balaban J connectivity index is 1.10. The van der Waals surface area contributed by atoms with Gasteiger partial charge in [-0.05, 0) is 114 Å². The first-order valence-corrected chi connectivity index (χ1v) is 24.4. The SMILES string of the molecule is c1ccc(-c2ccccc2N(c2ccc(-c3cccc4c3oc3ccccc34)cc2)c2ccc3c(c2)c2ccccc2c2ccccc2c2ccccc2c2c3ccc3sc4ccccc4c32)cc1. The summed E-state index contributed by atoms with van der Waals surface area (Å²) in [4.78, 5) is 2.44. The summed E-state index contributed by atoms with van der Waals surface area (Å²) in [6.07, 6.45) is 0. The van der Waals surface area contributed by atoms with Crippen molar-refractivity contribution in [3.63, 3.8) is 0 Å². The Kier molecular flexibility index (Phi) is 9.11. The Morgan fingerprint density at radius 3 is 1.55 bits per heavy atom. The van der Waals surface area contributed by atoms with Crippen molar-refractivity contribution < 1.29 is 4.42 Å². The van der Waals surface area contributed by atoms with E-state index in [1.165, 1.54) is 74.0 Å². The first-order chi connectivity index (χ1) is 34.2. The van der Waals surface area contributed by atoms with Crippen molar-refractivity contribution >= 4 is 124 Å². The van der Waals surface area contributed by atoms with Crippen LogP contribution in [0.4, 0.5) is 17.1 Å². The molecule has 3 heteroatoms. The molecule has 0 unspecified atom stereocenters. The van der Waals surface area contributed by atoms with Crippen molar-refractivity contribution in [2.24, 2.45) is 0 Å². The average molecular weight is 896 g/mol. The van der Waals surface area contributed by atoms with Crippen molar-refractivity contribution in [3.8, 4) is 22.3 Å². The van der Waals surface area contributed by atoms with Crippen LogP contribution in [0.3, 0.4) is 0 Å². The van der Waals surface area contributed by atoms with Crippen molar-refractivity contribution in [2.45, 2.75) is 0 Å². The van der Waals surface area contributed by atoms with Crippen LogP contribution in [0.25, 0.3) is 118 Å².